The minimum absolute atomic E-state index is 0.220. The van der Waals surface area contributed by atoms with Crippen LogP contribution in [0.3, 0.4) is 0 Å². The highest BCUT2D eigenvalue weighted by atomic mass is 79.9. The molecule has 0 spiro atoms. The zero-order valence-electron chi connectivity index (χ0n) is 11.9. The van der Waals surface area contributed by atoms with E-state index in [4.69, 9.17) is 26.8 Å². The number of methoxy groups -OCH3 is 2. The Balaban J connectivity index is 2.29. The second-order valence-corrected chi connectivity index (χ2v) is 5.96. The lowest BCUT2D eigenvalue weighted by molar-refractivity contribution is 0.402. The molecule has 2 rings (SSSR count). The Labute approximate surface area is 138 Å². The first-order valence-corrected chi connectivity index (χ1v) is 7.63. The van der Waals surface area contributed by atoms with Gasteiger partial charge in [-0.1, -0.05) is 23.7 Å². The lowest BCUT2D eigenvalue weighted by Gasteiger charge is -2.18. The Morgan fingerprint density at radius 1 is 1.19 bits per heavy atom. The Bertz CT molecular complexity index is 634. The minimum Gasteiger partial charge on any atom is -0.497 e. The molecule has 0 saturated heterocycles. The molecule has 2 N–H and O–H groups in total. The summed E-state index contributed by atoms with van der Waals surface area (Å²) in [5.74, 6) is 1.54. The zero-order chi connectivity index (χ0) is 15.4. The van der Waals surface area contributed by atoms with Crippen LogP contribution in [-0.4, -0.2) is 14.2 Å². The van der Waals surface area contributed by atoms with Gasteiger partial charge in [-0.05, 0) is 52.2 Å². The summed E-state index contributed by atoms with van der Waals surface area (Å²) in [5, 5.41) is 0.624. The quantitative estimate of drug-likeness (QED) is 0.850. The molecule has 0 bridgehead atoms. The van der Waals surface area contributed by atoms with Crippen molar-refractivity contribution in [2.24, 2.45) is 5.73 Å². The molecule has 5 heteroatoms. The van der Waals surface area contributed by atoms with E-state index in [0.717, 1.165) is 27.1 Å². The number of ether oxygens (including phenoxy) is 2. The summed E-state index contributed by atoms with van der Waals surface area (Å²) in [4.78, 5) is 0. The molecule has 0 heterocycles. The maximum atomic E-state index is 6.33. The molecule has 0 aliphatic heterocycles. The first kappa shape index (κ1) is 16.1. The molecule has 1 atom stereocenters. The Morgan fingerprint density at radius 2 is 1.95 bits per heavy atom. The van der Waals surface area contributed by atoms with Gasteiger partial charge < -0.3 is 15.2 Å². The minimum atomic E-state index is -0.220. The normalized spacial score (nSPS) is 12.0. The number of hydrogen-bond acceptors (Lipinski definition) is 3. The third-order valence-electron chi connectivity index (χ3n) is 3.23. The highest BCUT2D eigenvalue weighted by Crippen LogP contribution is 2.36. The molecule has 1 unspecified atom stereocenters. The monoisotopic (exact) mass is 369 g/mol. The summed E-state index contributed by atoms with van der Waals surface area (Å²) >= 11 is 9.56. The molecule has 0 fully saturated rings. The fourth-order valence-corrected chi connectivity index (χ4v) is 3.23. The third kappa shape index (κ3) is 3.90. The second kappa shape index (κ2) is 7.16. The van der Waals surface area contributed by atoms with Crippen molar-refractivity contribution < 1.29 is 9.47 Å². The van der Waals surface area contributed by atoms with Crippen LogP contribution in [0, 0.1) is 0 Å². The molecule has 2 aromatic carbocycles. The number of hydrogen-bond donors (Lipinski definition) is 1. The lowest BCUT2D eigenvalue weighted by atomic mass is 9.98. The van der Waals surface area contributed by atoms with Gasteiger partial charge in [0.25, 0.3) is 0 Å². The molecule has 3 nitrogen and oxygen atoms in total. The van der Waals surface area contributed by atoms with Crippen LogP contribution in [0.1, 0.15) is 17.2 Å². The molecule has 112 valence electrons. The third-order valence-corrected chi connectivity index (χ3v) is 4.04. The van der Waals surface area contributed by atoms with Gasteiger partial charge in [0, 0.05) is 16.6 Å². The van der Waals surface area contributed by atoms with Crippen LogP contribution in [0.5, 0.6) is 11.5 Å². The summed E-state index contributed by atoms with van der Waals surface area (Å²) in [6, 6.07) is 11.3. The maximum Gasteiger partial charge on any atom is 0.137 e. The average molecular weight is 371 g/mol. The van der Waals surface area contributed by atoms with E-state index in [9.17, 15) is 0 Å². The van der Waals surface area contributed by atoms with Crippen molar-refractivity contribution in [3.8, 4) is 11.5 Å². The van der Waals surface area contributed by atoms with Crippen molar-refractivity contribution in [1.82, 2.24) is 0 Å². The van der Waals surface area contributed by atoms with Crippen molar-refractivity contribution in [1.29, 1.82) is 0 Å². The maximum absolute atomic E-state index is 6.33. The standard InChI is InChI=1S/C16H17BrClNO2/c1-20-12-5-3-4-10(6-12)7-15(19)13-8-11(18)9-14(17)16(13)21-2/h3-6,8-9,15H,7,19H2,1-2H3. The predicted octanol–water partition coefficient (Wildman–Crippen LogP) is 4.36. The second-order valence-electron chi connectivity index (χ2n) is 4.67. The van der Waals surface area contributed by atoms with Gasteiger partial charge in [-0.15, -0.1) is 0 Å². The summed E-state index contributed by atoms with van der Waals surface area (Å²) in [5.41, 5.74) is 8.30. The molecular formula is C16H17BrClNO2. The van der Waals surface area contributed by atoms with Crippen LogP contribution in [-0.2, 0) is 6.42 Å². The molecule has 21 heavy (non-hydrogen) atoms. The fourth-order valence-electron chi connectivity index (χ4n) is 2.23. The SMILES string of the molecule is COc1cccc(CC(N)c2cc(Cl)cc(Br)c2OC)c1. The first-order chi connectivity index (χ1) is 10.0. The molecule has 0 aliphatic rings. The number of benzene rings is 2. The van der Waals surface area contributed by atoms with Gasteiger partial charge in [0.05, 0.1) is 18.7 Å². The number of halogens is 2. The van der Waals surface area contributed by atoms with E-state index in [-0.39, 0.29) is 6.04 Å². The van der Waals surface area contributed by atoms with Crippen molar-refractivity contribution >= 4 is 27.5 Å². The van der Waals surface area contributed by atoms with Crippen LogP contribution >= 0.6 is 27.5 Å². The highest BCUT2D eigenvalue weighted by Gasteiger charge is 2.16. The van der Waals surface area contributed by atoms with Crippen molar-refractivity contribution in [3.63, 3.8) is 0 Å². The van der Waals surface area contributed by atoms with Gasteiger partial charge in [-0.2, -0.15) is 0 Å². The van der Waals surface area contributed by atoms with Crippen molar-refractivity contribution in [2.75, 3.05) is 14.2 Å². The van der Waals surface area contributed by atoms with E-state index in [0.29, 0.717) is 11.4 Å². The van der Waals surface area contributed by atoms with Gasteiger partial charge in [-0.3, -0.25) is 0 Å². The molecule has 0 aliphatic carbocycles. The fraction of sp³-hybridized carbons (Fsp3) is 0.250. The van der Waals surface area contributed by atoms with Crippen molar-refractivity contribution in [2.45, 2.75) is 12.5 Å². The van der Waals surface area contributed by atoms with E-state index in [1.165, 1.54) is 0 Å². The van der Waals surface area contributed by atoms with Crippen LogP contribution < -0.4 is 15.2 Å². The Kier molecular flexibility index (Phi) is 5.51. The Hall–Kier alpha value is -1.23. The summed E-state index contributed by atoms with van der Waals surface area (Å²) in [7, 11) is 3.27. The molecule has 0 amide bonds. The van der Waals surface area contributed by atoms with Gasteiger partial charge in [0.2, 0.25) is 0 Å². The topological polar surface area (TPSA) is 44.5 Å². The van der Waals surface area contributed by atoms with E-state index >= 15 is 0 Å². The molecule has 0 radical (unpaired) electrons. The number of nitrogens with two attached hydrogens (primary N) is 1. The smallest absolute Gasteiger partial charge is 0.137 e. The summed E-state index contributed by atoms with van der Waals surface area (Å²) in [6.45, 7) is 0. The Morgan fingerprint density at radius 3 is 2.62 bits per heavy atom. The van der Waals surface area contributed by atoms with Crippen molar-refractivity contribution in [3.05, 3.63) is 57.0 Å². The molecule has 2 aromatic rings. The first-order valence-electron chi connectivity index (χ1n) is 6.46. The zero-order valence-corrected chi connectivity index (χ0v) is 14.2. The molecule has 0 saturated carbocycles. The summed E-state index contributed by atoms with van der Waals surface area (Å²) in [6.07, 6.45) is 0.667. The number of rotatable bonds is 5. The molecule has 0 aromatic heterocycles. The highest BCUT2D eigenvalue weighted by molar-refractivity contribution is 9.10. The van der Waals surface area contributed by atoms with E-state index < -0.39 is 0 Å². The largest absolute Gasteiger partial charge is 0.497 e. The summed E-state index contributed by atoms with van der Waals surface area (Å²) < 4.78 is 11.5. The molecular weight excluding hydrogens is 354 g/mol. The van der Waals surface area contributed by atoms with Gasteiger partial charge in [0.15, 0.2) is 0 Å². The van der Waals surface area contributed by atoms with Gasteiger partial charge in [0.1, 0.15) is 11.5 Å². The van der Waals surface area contributed by atoms with E-state index in [1.54, 1.807) is 20.3 Å². The average Bonchev–Trinajstić information content (AvgIpc) is 2.46. The van der Waals surface area contributed by atoms with Crippen LogP contribution in [0.2, 0.25) is 5.02 Å². The van der Waals surface area contributed by atoms with E-state index in [1.807, 2.05) is 30.3 Å². The van der Waals surface area contributed by atoms with Gasteiger partial charge in [-0.25, -0.2) is 0 Å². The lowest BCUT2D eigenvalue weighted by Crippen LogP contribution is -2.15. The predicted molar refractivity (Wildman–Crippen MR) is 89.3 cm³/mol. The van der Waals surface area contributed by atoms with Gasteiger partial charge >= 0.3 is 0 Å². The van der Waals surface area contributed by atoms with Crippen LogP contribution in [0.25, 0.3) is 0 Å². The van der Waals surface area contributed by atoms with Crippen LogP contribution in [0.4, 0.5) is 0 Å². The van der Waals surface area contributed by atoms with E-state index in [2.05, 4.69) is 15.9 Å². The van der Waals surface area contributed by atoms with Crippen LogP contribution in [0.15, 0.2) is 40.9 Å².